The Morgan fingerprint density at radius 2 is 1.85 bits per heavy atom. The number of rotatable bonds is 5. The minimum absolute atomic E-state index is 0.423. The van der Waals surface area contributed by atoms with Crippen LogP contribution in [0, 0.1) is 17.2 Å². The normalized spacial score (nSPS) is 19.9. The number of nitrogens with two attached hydrogens (primary N) is 1. The molecule has 1 aliphatic rings. The SMILES string of the molecule is N#Cc1ccc(-c2cnc3ccc(CCCC4CCC(N)CC4)nn23)cc1. The van der Waals surface area contributed by atoms with Gasteiger partial charge in [0.05, 0.1) is 29.2 Å². The molecule has 0 aliphatic heterocycles. The second-order valence-electron chi connectivity index (χ2n) is 7.60. The lowest BCUT2D eigenvalue weighted by Crippen LogP contribution is -2.26. The van der Waals surface area contributed by atoms with Crippen LogP contribution >= 0.6 is 0 Å². The molecule has 0 bridgehead atoms. The zero-order valence-corrected chi connectivity index (χ0v) is 15.5. The maximum absolute atomic E-state index is 8.97. The summed E-state index contributed by atoms with van der Waals surface area (Å²) in [6.45, 7) is 0. The summed E-state index contributed by atoms with van der Waals surface area (Å²) in [6, 6.07) is 14.3. The Morgan fingerprint density at radius 3 is 2.59 bits per heavy atom. The predicted molar refractivity (Wildman–Crippen MR) is 106 cm³/mol. The Balaban J connectivity index is 1.46. The average molecular weight is 359 g/mol. The molecule has 5 heteroatoms. The van der Waals surface area contributed by atoms with Crippen LogP contribution in [0.1, 0.15) is 49.8 Å². The van der Waals surface area contributed by atoms with Gasteiger partial charge in [0.25, 0.3) is 0 Å². The molecule has 2 heterocycles. The highest BCUT2D eigenvalue weighted by molar-refractivity contribution is 5.63. The van der Waals surface area contributed by atoms with E-state index in [-0.39, 0.29) is 0 Å². The number of imidazole rings is 1. The topological polar surface area (TPSA) is 80.0 Å². The Morgan fingerprint density at radius 1 is 1.07 bits per heavy atom. The van der Waals surface area contributed by atoms with E-state index < -0.39 is 0 Å². The van der Waals surface area contributed by atoms with Gasteiger partial charge in [-0.15, -0.1) is 0 Å². The second kappa shape index (κ2) is 7.89. The number of aromatic nitrogens is 3. The van der Waals surface area contributed by atoms with Gasteiger partial charge >= 0.3 is 0 Å². The van der Waals surface area contributed by atoms with Gasteiger partial charge in [0.2, 0.25) is 0 Å². The summed E-state index contributed by atoms with van der Waals surface area (Å²) in [5, 5.41) is 13.8. The van der Waals surface area contributed by atoms with Crippen molar-refractivity contribution in [3.63, 3.8) is 0 Å². The molecule has 4 rings (SSSR count). The zero-order valence-electron chi connectivity index (χ0n) is 15.5. The van der Waals surface area contributed by atoms with Crippen LogP contribution in [0.25, 0.3) is 16.9 Å². The molecular weight excluding hydrogens is 334 g/mol. The van der Waals surface area contributed by atoms with E-state index in [0.29, 0.717) is 11.6 Å². The molecule has 1 aromatic carbocycles. The maximum Gasteiger partial charge on any atom is 0.154 e. The summed E-state index contributed by atoms with van der Waals surface area (Å²) in [5.74, 6) is 0.830. The third kappa shape index (κ3) is 4.01. The van der Waals surface area contributed by atoms with Crippen molar-refractivity contribution in [2.45, 2.75) is 51.0 Å². The van der Waals surface area contributed by atoms with E-state index in [2.05, 4.69) is 17.1 Å². The van der Waals surface area contributed by atoms with E-state index in [0.717, 1.165) is 34.9 Å². The van der Waals surface area contributed by atoms with Gasteiger partial charge in [-0.3, -0.25) is 0 Å². The first-order valence-corrected chi connectivity index (χ1v) is 9.83. The van der Waals surface area contributed by atoms with Gasteiger partial charge in [-0.2, -0.15) is 10.4 Å². The summed E-state index contributed by atoms with van der Waals surface area (Å²) >= 11 is 0. The number of benzene rings is 1. The van der Waals surface area contributed by atoms with Crippen LogP contribution in [0.4, 0.5) is 0 Å². The second-order valence-corrected chi connectivity index (χ2v) is 7.60. The first kappa shape index (κ1) is 17.7. The highest BCUT2D eigenvalue weighted by Crippen LogP contribution is 2.27. The molecule has 2 aromatic heterocycles. The molecule has 138 valence electrons. The number of aryl methyl sites for hydroxylation is 1. The van der Waals surface area contributed by atoms with Crippen molar-refractivity contribution >= 4 is 5.65 Å². The Bertz CT molecular complexity index is 943. The Hall–Kier alpha value is -2.71. The van der Waals surface area contributed by atoms with E-state index >= 15 is 0 Å². The van der Waals surface area contributed by atoms with Crippen LogP contribution in [0.2, 0.25) is 0 Å². The minimum Gasteiger partial charge on any atom is -0.328 e. The van der Waals surface area contributed by atoms with E-state index in [4.69, 9.17) is 16.1 Å². The van der Waals surface area contributed by atoms with Crippen LogP contribution in [0.5, 0.6) is 0 Å². The third-order valence-electron chi connectivity index (χ3n) is 5.66. The summed E-state index contributed by atoms with van der Waals surface area (Å²) < 4.78 is 1.91. The first-order chi connectivity index (χ1) is 13.2. The quantitative estimate of drug-likeness (QED) is 0.743. The average Bonchev–Trinajstić information content (AvgIpc) is 3.13. The van der Waals surface area contributed by atoms with Gasteiger partial charge in [0.1, 0.15) is 0 Å². The molecule has 1 saturated carbocycles. The van der Waals surface area contributed by atoms with Crippen molar-refractivity contribution in [3.8, 4) is 17.3 Å². The standard InChI is InChI=1S/C22H25N5/c23-14-17-4-8-18(9-5-17)21-15-25-22-13-12-20(26-27(21)22)3-1-2-16-6-10-19(24)11-7-16/h4-5,8-9,12-13,15-16,19H,1-3,6-7,10-11,24H2. The summed E-state index contributed by atoms with van der Waals surface area (Å²) in [6.07, 6.45) is 10.2. The monoisotopic (exact) mass is 359 g/mol. The fraction of sp³-hybridized carbons (Fsp3) is 0.409. The van der Waals surface area contributed by atoms with Crippen molar-refractivity contribution in [3.05, 3.63) is 53.9 Å². The van der Waals surface area contributed by atoms with Crippen LogP contribution < -0.4 is 5.73 Å². The Labute approximate surface area is 159 Å². The van der Waals surface area contributed by atoms with Gasteiger partial charge in [0, 0.05) is 11.6 Å². The van der Waals surface area contributed by atoms with Crippen molar-refractivity contribution in [2.24, 2.45) is 11.7 Å². The van der Waals surface area contributed by atoms with Gasteiger partial charge < -0.3 is 5.73 Å². The maximum atomic E-state index is 8.97. The summed E-state index contributed by atoms with van der Waals surface area (Å²) in [7, 11) is 0. The minimum atomic E-state index is 0.423. The molecule has 0 spiro atoms. The van der Waals surface area contributed by atoms with Gasteiger partial charge in [0.15, 0.2) is 5.65 Å². The lowest BCUT2D eigenvalue weighted by molar-refractivity contribution is 0.305. The highest BCUT2D eigenvalue weighted by Gasteiger charge is 2.18. The van der Waals surface area contributed by atoms with E-state index in [9.17, 15) is 0 Å². The number of nitriles is 1. The van der Waals surface area contributed by atoms with Crippen molar-refractivity contribution < 1.29 is 0 Å². The van der Waals surface area contributed by atoms with Crippen LogP contribution in [0.3, 0.4) is 0 Å². The number of hydrogen-bond donors (Lipinski definition) is 1. The first-order valence-electron chi connectivity index (χ1n) is 9.83. The van der Waals surface area contributed by atoms with Crippen LogP contribution in [0.15, 0.2) is 42.6 Å². The molecule has 0 amide bonds. The summed E-state index contributed by atoms with van der Waals surface area (Å²) in [5.41, 5.74) is 10.6. The van der Waals surface area contributed by atoms with Crippen molar-refractivity contribution in [2.75, 3.05) is 0 Å². The Kier molecular flexibility index (Phi) is 5.17. The van der Waals surface area contributed by atoms with Gasteiger partial charge in [-0.25, -0.2) is 9.50 Å². The van der Waals surface area contributed by atoms with E-state index in [1.807, 2.05) is 41.0 Å². The third-order valence-corrected chi connectivity index (χ3v) is 5.66. The van der Waals surface area contributed by atoms with Crippen molar-refractivity contribution in [1.29, 1.82) is 5.26 Å². The number of fused-ring (bicyclic) bond motifs is 1. The number of hydrogen-bond acceptors (Lipinski definition) is 4. The largest absolute Gasteiger partial charge is 0.328 e. The van der Waals surface area contributed by atoms with E-state index in [1.165, 1.54) is 38.5 Å². The molecule has 27 heavy (non-hydrogen) atoms. The fourth-order valence-electron chi connectivity index (χ4n) is 4.01. The molecule has 0 radical (unpaired) electrons. The predicted octanol–water partition coefficient (Wildman–Crippen LogP) is 4.11. The number of nitrogens with zero attached hydrogens (tertiary/aromatic N) is 4. The smallest absolute Gasteiger partial charge is 0.154 e. The molecule has 1 aliphatic carbocycles. The molecule has 3 aromatic rings. The summed E-state index contributed by atoms with van der Waals surface area (Å²) in [4.78, 5) is 4.46. The molecule has 0 unspecified atom stereocenters. The van der Waals surface area contributed by atoms with Crippen molar-refractivity contribution in [1.82, 2.24) is 14.6 Å². The molecular formula is C22H25N5. The lowest BCUT2D eigenvalue weighted by atomic mass is 9.83. The highest BCUT2D eigenvalue weighted by atomic mass is 15.3. The zero-order chi connectivity index (χ0) is 18.6. The molecule has 2 N–H and O–H groups in total. The van der Waals surface area contributed by atoms with Gasteiger partial charge in [-0.1, -0.05) is 18.6 Å². The lowest BCUT2D eigenvalue weighted by Gasteiger charge is -2.25. The molecule has 5 nitrogen and oxygen atoms in total. The molecule has 1 fully saturated rings. The van der Waals surface area contributed by atoms with E-state index in [1.54, 1.807) is 0 Å². The molecule has 0 saturated heterocycles. The molecule has 0 atom stereocenters. The van der Waals surface area contributed by atoms with Crippen LogP contribution in [-0.2, 0) is 6.42 Å². The fourth-order valence-corrected chi connectivity index (χ4v) is 4.01. The van der Waals surface area contributed by atoms with Crippen LogP contribution in [-0.4, -0.2) is 20.6 Å². The van der Waals surface area contributed by atoms with Gasteiger partial charge in [-0.05, 0) is 68.7 Å².